The van der Waals surface area contributed by atoms with Gasteiger partial charge in [-0.15, -0.1) is 5.54 Å². The van der Waals surface area contributed by atoms with Gasteiger partial charge in [0.2, 0.25) is 5.78 Å². The van der Waals surface area contributed by atoms with Crippen molar-refractivity contribution in [3.05, 3.63) is 72.3 Å². The third-order valence-corrected chi connectivity index (χ3v) is 11.2. The summed E-state index contributed by atoms with van der Waals surface area (Å²) >= 11 is 0. The minimum absolute atomic E-state index is 0.0318. The molecule has 0 saturated carbocycles. The monoisotopic (exact) mass is 462 g/mol. The average molecular weight is 463 g/mol. The van der Waals surface area contributed by atoms with Gasteiger partial charge in [-0.25, -0.2) is 0 Å². The molecule has 4 heteroatoms. The van der Waals surface area contributed by atoms with Crippen LogP contribution in [-0.2, 0) is 9.22 Å². The fourth-order valence-electron chi connectivity index (χ4n) is 3.81. The number of ketones is 1. The summed E-state index contributed by atoms with van der Waals surface area (Å²) in [5.74, 6) is 2.87. The van der Waals surface area contributed by atoms with Crippen LogP contribution in [0.25, 0.3) is 0 Å². The Bertz CT molecular complexity index is 930. The molecule has 2 nitrogen and oxygen atoms in total. The Morgan fingerprint density at radius 3 is 1.88 bits per heavy atom. The molecule has 0 heterocycles. The lowest BCUT2D eigenvalue weighted by atomic mass is 10.2. The number of hydrogen-bond donors (Lipinski definition) is 0. The lowest BCUT2D eigenvalue weighted by Crippen LogP contribution is -2.66. The van der Waals surface area contributed by atoms with Gasteiger partial charge in [0.25, 0.3) is 8.32 Å². The topological polar surface area (TPSA) is 26.3 Å². The van der Waals surface area contributed by atoms with Crippen molar-refractivity contribution >= 4 is 32.5 Å². The Labute approximate surface area is 197 Å². The number of Topliss-reactive ketones (excluding diaryl/α,β-unsaturated/α-hetero) is 1. The summed E-state index contributed by atoms with van der Waals surface area (Å²) in [6.45, 7) is 16.0. The molecule has 0 fully saturated rings. The van der Waals surface area contributed by atoms with Gasteiger partial charge >= 0.3 is 0 Å². The van der Waals surface area contributed by atoms with Gasteiger partial charge in [0.15, 0.2) is 0 Å². The Morgan fingerprint density at radius 1 is 0.938 bits per heavy atom. The molecule has 0 radical (unpaired) electrons. The second-order valence-corrected chi connectivity index (χ2v) is 19.5. The van der Waals surface area contributed by atoms with E-state index in [1.54, 1.807) is 0 Å². The average Bonchev–Trinajstić information content (AvgIpc) is 2.73. The van der Waals surface area contributed by atoms with Gasteiger partial charge in [0.05, 0.1) is 6.61 Å². The first-order valence-corrected chi connectivity index (χ1v) is 16.8. The van der Waals surface area contributed by atoms with Gasteiger partial charge in [0, 0.05) is 6.42 Å². The highest BCUT2D eigenvalue weighted by atomic mass is 28.4. The molecule has 32 heavy (non-hydrogen) atoms. The van der Waals surface area contributed by atoms with E-state index in [1.807, 2.05) is 0 Å². The van der Waals surface area contributed by atoms with Crippen LogP contribution < -0.4 is 10.4 Å². The number of allylic oxidation sites excluding steroid dienone is 1. The molecular formula is C28H38O2Si2. The summed E-state index contributed by atoms with van der Waals surface area (Å²) in [5, 5.41) is 2.52. The Hall–Kier alpha value is -2.20. The second-order valence-electron chi connectivity index (χ2n) is 10.5. The molecule has 0 unspecified atom stereocenters. The van der Waals surface area contributed by atoms with E-state index < -0.39 is 16.4 Å². The molecule has 0 aromatic heterocycles. The highest BCUT2D eigenvalue weighted by Crippen LogP contribution is 2.37. The summed E-state index contributed by atoms with van der Waals surface area (Å²) in [4.78, 5) is 12.1. The number of carbonyl (C=O) groups is 1. The van der Waals surface area contributed by atoms with Crippen LogP contribution in [0.2, 0.25) is 24.7 Å². The molecule has 0 aliphatic heterocycles. The number of carbonyl (C=O) groups excluding carboxylic acids is 1. The van der Waals surface area contributed by atoms with Gasteiger partial charge in [-0.1, -0.05) is 113 Å². The predicted molar refractivity (Wildman–Crippen MR) is 143 cm³/mol. The van der Waals surface area contributed by atoms with Crippen LogP contribution in [0.5, 0.6) is 0 Å². The maximum atomic E-state index is 12.1. The quantitative estimate of drug-likeness (QED) is 0.284. The second kappa shape index (κ2) is 11.1. The Kier molecular flexibility index (Phi) is 9.03. The molecule has 2 aromatic carbocycles. The lowest BCUT2D eigenvalue weighted by Gasteiger charge is -2.43. The highest BCUT2D eigenvalue weighted by Gasteiger charge is 2.50. The third-order valence-electron chi connectivity index (χ3n) is 5.37. The maximum Gasteiger partial charge on any atom is 0.261 e. The minimum atomic E-state index is -2.53. The maximum absolute atomic E-state index is 12.1. The largest absolute Gasteiger partial charge is 0.403 e. The van der Waals surface area contributed by atoms with Gasteiger partial charge in [-0.2, -0.15) is 0 Å². The zero-order valence-corrected chi connectivity index (χ0v) is 22.8. The summed E-state index contributed by atoms with van der Waals surface area (Å²) in [6, 6.07) is 21.4. The van der Waals surface area contributed by atoms with Crippen molar-refractivity contribution in [3.8, 4) is 11.5 Å². The Morgan fingerprint density at radius 2 is 1.44 bits per heavy atom. The first-order chi connectivity index (χ1) is 15.0. The van der Waals surface area contributed by atoms with E-state index in [9.17, 15) is 4.79 Å². The minimum Gasteiger partial charge on any atom is -0.403 e. The highest BCUT2D eigenvalue weighted by molar-refractivity contribution is 6.99. The summed E-state index contributed by atoms with van der Waals surface area (Å²) in [7, 11) is -4.04. The van der Waals surface area contributed by atoms with E-state index in [0.717, 1.165) is 5.57 Å². The van der Waals surface area contributed by atoms with Crippen molar-refractivity contribution in [1.29, 1.82) is 0 Å². The van der Waals surface area contributed by atoms with Gasteiger partial charge in [-0.3, -0.25) is 4.79 Å². The summed E-state index contributed by atoms with van der Waals surface area (Å²) in [6.07, 6.45) is 3.30. The van der Waals surface area contributed by atoms with Crippen molar-refractivity contribution in [2.75, 3.05) is 6.61 Å². The Balaban J connectivity index is 2.23. The third kappa shape index (κ3) is 7.16. The van der Waals surface area contributed by atoms with E-state index in [1.165, 1.54) is 10.4 Å². The lowest BCUT2D eigenvalue weighted by molar-refractivity contribution is -0.113. The predicted octanol–water partition coefficient (Wildman–Crippen LogP) is 5.74. The molecule has 2 aromatic rings. The molecule has 170 valence electrons. The van der Waals surface area contributed by atoms with E-state index in [-0.39, 0.29) is 10.8 Å². The van der Waals surface area contributed by atoms with E-state index >= 15 is 0 Å². The van der Waals surface area contributed by atoms with Crippen LogP contribution in [0.4, 0.5) is 0 Å². The van der Waals surface area contributed by atoms with Crippen LogP contribution in [0.15, 0.2) is 72.3 Å². The fourth-order valence-corrected chi connectivity index (χ4v) is 8.93. The standard InChI is InChI=1S/C28H38O2Si2/c1-24(15-14-16-25(29)21-22-31(5,6)7)23-30-32(28(2,3)4,26-17-10-8-11-18-26)27-19-12-9-13-20-27/h8-13,15,17-20H,14,16,23H2,1-7H3/b24-15-. The molecule has 0 atom stereocenters. The molecule has 0 aliphatic carbocycles. The molecule has 2 rings (SSSR count). The van der Waals surface area contributed by atoms with Crippen LogP contribution in [0, 0.1) is 11.5 Å². The van der Waals surface area contributed by atoms with E-state index in [2.05, 4.69) is 126 Å². The molecule has 0 aliphatic rings. The zero-order valence-electron chi connectivity index (χ0n) is 20.8. The van der Waals surface area contributed by atoms with E-state index in [0.29, 0.717) is 19.4 Å². The van der Waals surface area contributed by atoms with Gasteiger partial charge in [-0.05, 0) is 34.7 Å². The van der Waals surface area contributed by atoms with Crippen molar-refractivity contribution < 1.29 is 9.22 Å². The molecule has 0 N–H and O–H groups in total. The first-order valence-electron chi connectivity index (χ1n) is 11.4. The van der Waals surface area contributed by atoms with Crippen molar-refractivity contribution in [2.45, 2.75) is 65.2 Å². The first kappa shape index (κ1) is 26.1. The molecule has 0 bridgehead atoms. The van der Waals surface area contributed by atoms with Crippen LogP contribution >= 0.6 is 0 Å². The number of benzene rings is 2. The van der Waals surface area contributed by atoms with Crippen molar-refractivity contribution in [2.24, 2.45) is 0 Å². The zero-order chi connectivity index (χ0) is 23.8. The number of rotatable bonds is 8. The van der Waals surface area contributed by atoms with E-state index in [4.69, 9.17) is 4.43 Å². The summed E-state index contributed by atoms with van der Waals surface area (Å²) < 4.78 is 6.94. The van der Waals surface area contributed by atoms with Crippen molar-refractivity contribution in [3.63, 3.8) is 0 Å². The molecule has 0 spiro atoms. The molecule has 0 saturated heterocycles. The van der Waals surface area contributed by atoms with Crippen LogP contribution in [0.3, 0.4) is 0 Å². The fraction of sp³-hybridized carbons (Fsp3) is 0.393. The van der Waals surface area contributed by atoms with Crippen LogP contribution in [0.1, 0.15) is 40.5 Å². The summed E-state index contributed by atoms with van der Waals surface area (Å²) in [5.41, 5.74) is 4.31. The molecule has 0 amide bonds. The smallest absolute Gasteiger partial charge is 0.261 e. The van der Waals surface area contributed by atoms with Crippen molar-refractivity contribution in [1.82, 2.24) is 0 Å². The molecular weight excluding hydrogens is 424 g/mol. The van der Waals surface area contributed by atoms with Gasteiger partial charge < -0.3 is 4.43 Å². The van der Waals surface area contributed by atoms with Gasteiger partial charge in [0.1, 0.15) is 8.07 Å². The van der Waals surface area contributed by atoms with Crippen LogP contribution in [-0.4, -0.2) is 28.8 Å². The normalized spacial score (nSPS) is 12.8. The number of hydrogen-bond acceptors (Lipinski definition) is 2. The SMILES string of the molecule is C/C(=C/CCC(=O)C#C[Si](C)(C)C)CO[Si](c1ccccc1)(c1ccccc1)C(C)(C)C.